The summed E-state index contributed by atoms with van der Waals surface area (Å²) in [5, 5.41) is 10.6. The molecule has 0 bridgehead atoms. The van der Waals surface area contributed by atoms with Crippen molar-refractivity contribution in [3.8, 4) is 0 Å². The Morgan fingerprint density at radius 3 is 2.53 bits per heavy atom. The predicted molar refractivity (Wildman–Crippen MR) is 53.3 cm³/mol. The Balaban J connectivity index is 3.16. The molecule has 1 aromatic carbocycles. The first kappa shape index (κ1) is 13.0. The molecule has 0 aliphatic carbocycles. The molecule has 92 valence electrons. The van der Waals surface area contributed by atoms with E-state index in [9.17, 15) is 23.7 Å². The maximum Gasteiger partial charge on any atom is 0.311 e. The number of nitrogens with zero attached hydrogens (tertiary/aromatic N) is 1. The van der Waals surface area contributed by atoms with E-state index >= 15 is 0 Å². The third-order valence-electron chi connectivity index (χ3n) is 1.99. The van der Waals surface area contributed by atoms with E-state index in [1.807, 2.05) is 0 Å². The van der Waals surface area contributed by atoms with Crippen LogP contribution in [-0.4, -0.2) is 17.5 Å². The van der Waals surface area contributed by atoms with E-state index in [4.69, 9.17) is 0 Å². The minimum Gasteiger partial charge on any atom is -0.466 e. The second-order valence-electron chi connectivity index (χ2n) is 3.10. The van der Waals surface area contributed by atoms with Gasteiger partial charge in [-0.25, -0.2) is 4.39 Å². The van der Waals surface area contributed by atoms with Gasteiger partial charge in [0.1, 0.15) is 5.82 Å². The van der Waals surface area contributed by atoms with Crippen molar-refractivity contribution in [3.05, 3.63) is 39.4 Å². The summed E-state index contributed by atoms with van der Waals surface area (Å²) in [4.78, 5) is 20.6. The molecule has 0 heterocycles. The number of esters is 1. The van der Waals surface area contributed by atoms with Gasteiger partial charge in [-0.3, -0.25) is 14.9 Å². The van der Waals surface area contributed by atoms with Gasteiger partial charge in [-0.15, -0.1) is 0 Å². The zero-order valence-electron chi connectivity index (χ0n) is 8.91. The highest BCUT2D eigenvalue weighted by atomic mass is 19.1. The maximum absolute atomic E-state index is 13.3. The molecular formula is C10H9F2NO4. The molecule has 0 atom stereocenters. The number of hydrogen-bond acceptors (Lipinski definition) is 4. The van der Waals surface area contributed by atoms with Crippen LogP contribution in [0.4, 0.5) is 14.5 Å². The van der Waals surface area contributed by atoms with Crippen LogP contribution in [0.25, 0.3) is 0 Å². The van der Waals surface area contributed by atoms with Gasteiger partial charge in [0, 0.05) is 0 Å². The first-order valence-electron chi connectivity index (χ1n) is 4.74. The quantitative estimate of drug-likeness (QED) is 0.462. The zero-order valence-corrected chi connectivity index (χ0v) is 8.91. The van der Waals surface area contributed by atoms with Crippen LogP contribution in [0, 0.1) is 21.7 Å². The van der Waals surface area contributed by atoms with E-state index in [2.05, 4.69) is 4.74 Å². The Morgan fingerprint density at radius 2 is 2.00 bits per heavy atom. The van der Waals surface area contributed by atoms with E-state index in [0.29, 0.717) is 6.07 Å². The zero-order chi connectivity index (χ0) is 13.0. The number of carbonyl (C=O) groups is 1. The van der Waals surface area contributed by atoms with Crippen molar-refractivity contribution in [1.82, 2.24) is 0 Å². The third-order valence-corrected chi connectivity index (χ3v) is 1.99. The van der Waals surface area contributed by atoms with Crippen LogP contribution in [0.1, 0.15) is 12.5 Å². The van der Waals surface area contributed by atoms with Gasteiger partial charge >= 0.3 is 11.7 Å². The second-order valence-corrected chi connectivity index (χ2v) is 3.10. The molecule has 0 amide bonds. The largest absolute Gasteiger partial charge is 0.466 e. The van der Waals surface area contributed by atoms with Crippen LogP contribution in [0.5, 0.6) is 0 Å². The smallest absolute Gasteiger partial charge is 0.311 e. The highest BCUT2D eigenvalue weighted by Crippen LogP contribution is 2.25. The maximum atomic E-state index is 13.3. The fourth-order valence-electron chi connectivity index (χ4n) is 1.31. The van der Waals surface area contributed by atoms with Crippen molar-refractivity contribution in [2.75, 3.05) is 6.61 Å². The molecule has 0 spiro atoms. The first-order valence-corrected chi connectivity index (χ1v) is 4.74. The molecule has 0 aliphatic heterocycles. The second kappa shape index (κ2) is 5.33. The number of carbonyl (C=O) groups excluding carboxylic acids is 1. The molecule has 17 heavy (non-hydrogen) atoms. The van der Waals surface area contributed by atoms with Crippen molar-refractivity contribution >= 4 is 11.7 Å². The van der Waals surface area contributed by atoms with E-state index in [-0.39, 0.29) is 6.61 Å². The molecule has 0 aromatic heterocycles. The SMILES string of the molecule is CCOC(=O)Cc1c(F)ccc(F)c1[N+](=O)[O-]. The molecule has 7 heteroatoms. The Hall–Kier alpha value is -2.05. The van der Waals surface area contributed by atoms with Gasteiger partial charge in [-0.05, 0) is 19.1 Å². The standard InChI is InChI=1S/C10H9F2NO4/c1-2-17-9(14)5-6-7(11)3-4-8(12)10(6)13(15)16/h3-4H,2,5H2,1H3. The summed E-state index contributed by atoms with van der Waals surface area (Å²) in [6, 6.07) is 1.37. The number of benzene rings is 1. The fourth-order valence-corrected chi connectivity index (χ4v) is 1.31. The molecular weight excluding hydrogens is 236 g/mol. The first-order chi connectivity index (χ1) is 7.97. The lowest BCUT2D eigenvalue weighted by Crippen LogP contribution is -2.11. The van der Waals surface area contributed by atoms with Crippen LogP contribution in [0.15, 0.2) is 12.1 Å². The van der Waals surface area contributed by atoms with Crippen LogP contribution in [-0.2, 0) is 16.0 Å². The molecule has 1 rings (SSSR count). The highest BCUT2D eigenvalue weighted by Gasteiger charge is 2.26. The molecule has 0 saturated carbocycles. The van der Waals surface area contributed by atoms with Crippen LogP contribution in [0.2, 0.25) is 0 Å². The van der Waals surface area contributed by atoms with E-state index in [1.165, 1.54) is 6.92 Å². The Kier molecular flexibility index (Phi) is 4.08. The third kappa shape index (κ3) is 2.96. The summed E-state index contributed by atoms with van der Waals surface area (Å²) >= 11 is 0. The van der Waals surface area contributed by atoms with Crippen molar-refractivity contribution in [3.63, 3.8) is 0 Å². The Morgan fingerprint density at radius 1 is 1.41 bits per heavy atom. The lowest BCUT2D eigenvalue weighted by atomic mass is 10.1. The van der Waals surface area contributed by atoms with Gasteiger partial charge in [0.25, 0.3) is 0 Å². The number of nitro groups is 1. The number of nitro benzene ring substituents is 1. The van der Waals surface area contributed by atoms with Crippen LogP contribution in [0.3, 0.4) is 0 Å². The van der Waals surface area contributed by atoms with Crippen molar-refractivity contribution in [2.24, 2.45) is 0 Å². The number of ether oxygens (including phenoxy) is 1. The van der Waals surface area contributed by atoms with Gasteiger partial charge in [-0.2, -0.15) is 4.39 Å². The summed E-state index contributed by atoms with van der Waals surface area (Å²) in [6.45, 7) is 1.60. The summed E-state index contributed by atoms with van der Waals surface area (Å²) in [5.74, 6) is -3.04. The molecule has 0 saturated heterocycles. The Labute approximate surface area is 95.2 Å². The minimum absolute atomic E-state index is 0.0591. The number of halogens is 2. The summed E-state index contributed by atoms with van der Waals surface area (Å²) < 4.78 is 31.0. The van der Waals surface area contributed by atoms with E-state index in [1.54, 1.807) is 0 Å². The lowest BCUT2D eigenvalue weighted by molar-refractivity contribution is -0.388. The minimum atomic E-state index is -1.18. The van der Waals surface area contributed by atoms with E-state index in [0.717, 1.165) is 6.07 Å². The monoisotopic (exact) mass is 245 g/mol. The number of hydrogen-bond donors (Lipinski definition) is 0. The fraction of sp³-hybridized carbons (Fsp3) is 0.300. The van der Waals surface area contributed by atoms with Crippen molar-refractivity contribution in [1.29, 1.82) is 0 Å². The van der Waals surface area contributed by atoms with Crippen molar-refractivity contribution in [2.45, 2.75) is 13.3 Å². The van der Waals surface area contributed by atoms with Gasteiger partial charge in [0.2, 0.25) is 5.82 Å². The van der Waals surface area contributed by atoms with Crippen LogP contribution >= 0.6 is 0 Å². The number of rotatable bonds is 4. The van der Waals surface area contributed by atoms with E-state index < -0.39 is 40.2 Å². The van der Waals surface area contributed by atoms with Gasteiger partial charge < -0.3 is 4.74 Å². The molecule has 0 aliphatic rings. The molecule has 0 fully saturated rings. The van der Waals surface area contributed by atoms with Crippen molar-refractivity contribution < 1.29 is 23.2 Å². The van der Waals surface area contributed by atoms with Gasteiger partial charge in [-0.1, -0.05) is 0 Å². The average Bonchev–Trinajstić information content (AvgIpc) is 2.23. The average molecular weight is 245 g/mol. The normalized spacial score (nSPS) is 10.1. The lowest BCUT2D eigenvalue weighted by Gasteiger charge is -2.05. The topological polar surface area (TPSA) is 69.4 Å². The summed E-state index contributed by atoms with van der Waals surface area (Å²) in [5.41, 5.74) is -1.63. The molecule has 0 radical (unpaired) electrons. The molecule has 5 nitrogen and oxygen atoms in total. The van der Waals surface area contributed by atoms with Gasteiger partial charge in [0.05, 0.1) is 23.5 Å². The Bertz CT molecular complexity index is 462. The summed E-state index contributed by atoms with van der Waals surface area (Å²) in [7, 11) is 0. The van der Waals surface area contributed by atoms with Gasteiger partial charge in [0.15, 0.2) is 0 Å². The molecule has 0 unspecified atom stereocenters. The molecule has 1 aromatic rings. The molecule has 0 N–H and O–H groups in total. The predicted octanol–water partition coefficient (Wildman–Crippen LogP) is 1.98. The summed E-state index contributed by atoms with van der Waals surface area (Å²) in [6.07, 6.45) is -0.673. The van der Waals surface area contributed by atoms with Crippen LogP contribution < -0.4 is 0 Å². The highest BCUT2D eigenvalue weighted by molar-refractivity contribution is 5.74.